The molecular weight excluding hydrogens is 196 g/mol. The summed E-state index contributed by atoms with van der Waals surface area (Å²) >= 11 is 0. The van der Waals surface area contributed by atoms with Crippen LogP contribution in [0.1, 0.15) is 10.4 Å². The first kappa shape index (κ1) is 9.20. The molecule has 15 heavy (non-hydrogen) atoms. The number of para-hydroxylation sites is 1. The molecule has 0 atom stereocenters. The average Bonchev–Trinajstić information content (AvgIpc) is 2.65. The van der Waals surface area contributed by atoms with Crippen LogP contribution >= 0.6 is 0 Å². The summed E-state index contributed by atoms with van der Waals surface area (Å²) in [6.07, 6.45) is 1.29. The Hall–Kier alpha value is -2.37. The lowest BCUT2D eigenvalue weighted by molar-refractivity contribution is 0.0940. The number of phenols is 1. The standard InChI is InChI=1S/C9H8N4O2/c10-8-5-13(12-11-8)9(15)6-3-1-2-4-7(6)14/h1-5,14H,10H2. The van der Waals surface area contributed by atoms with Gasteiger partial charge < -0.3 is 10.8 Å². The van der Waals surface area contributed by atoms with Crippen LogP contribution in [0.25, 0.3) is 0 Å². The number of anilines is 1. The lowest BCUT2D eigenvalue weighted by Gasteiger charge is -2.01. The first-order valence-corrected chi connectivity index (χ1v) is 4.19. The zero-order valence-corrected chi connectivity index (χ0v) is 7.66. The van der Waals surface area contributed by atoms with Crippen LogP contribution < -0.4 is 5.73 Å². The van der Waals surface area contributed by atoms with Gasteiger partial charge in [0.15, 0.2) is 5.82 Å². The highest BCUT2D eigenvalue weighted by Crippen LogP contribution is 2.16. The van der Waals surface area contributed by atoms with Gasteiger partial charge in [-0.05, 0) is 12.1 Å². The van der Waals surface area contributed by atoms with Gasteiger partial charge in [-0.15, -0.1) is 5.10 Å². The minimum Gasteiger partial charge on any atom is -0.507 e. The van der Waals surface area contributed by atoms with E-state index in [1.54, 1.807) is 12.1 Å². The zero-order valence-electron chi connectivity index (χ0n) is 7.66. The first-order valence-electron chi connectivity index (χ1n) is 4.19. The molecule has 0 radical (unpaired) electrons. The van der Waals surface area contributed by atoms with Crippen molar-refractivity contribution >= 4 is 11.7 Å². The van der Waals surface area contributed by atoms with Gasteiger partial charge >= 0.3 is 0 Å². The number of carbonyl (C=O) groups excluding carboxylic acids is 1. The van der Waals surface area contributed by atoms with Gasteiger partial charge in [0, 0.05) is 0 Å². The first-order chi connectivity index (χ1) is 7.18. The molecule has 1 aromatic heterocycles. The Labute approximate surface area is 84.9 Å². The summed E-state index contributed by atoms with van der Waals surface area (Å²) in [5, 5.41) is 16.4. The highest BCUT2D eigenvalue weighted by Gasteiger charge is 2.13. The van der Waals surface area contributed by atoms with E-state index in [0.717, 1.165) is 4.68 Å². The molecule has 6 heteroatoms. The van der Waals surface area contributed by atoms with Crippen molar-refractivity contribution in [3.05, 3.63) is 36.0 Å². The minimum atomic E-state index is -0.475. The predicted molar refractivity (Wildman–Crippen MR) is 52.3 cm³/mol. The fourth-order valence-electron chi connectivity index (χ4n) is 1.15. The maximum atomic E-state index is 11.7. The number of aromatic nitrogens is 3. The van der Waals surface area contributed by atoms with Gasteiger partial charge in [-0.2, -0.15) is 4.68 Å². The molecule has 0 aliphatic rings. The number of nitrogens with two attached hydrogens (primary N) is 1. The van der Waals surface area contributed by atoms with Crippen LogP contribution in [-0.2, 0) is 0 Å². The fraction of sp³-hybridized carbons (Fsp3) is 0. The lowest BCUT2D eigenvalue weighted by Crippen LogP contribution is -2.12. The van der Waals surface area contributed by atoms with Crippen molar-refractivity contribution in [2.24, 2.45) is 0 Å². The zero-order chi connectivity index (χ0) is 10.8. The Morgan fingerprint density at radius 3 is 2.73 bits per heavy atom. The van der Waals surface area contributed by atoms with E-state index in [4.69, 9.17) is 5.73 Å². The molecule has 1 aromatic carbocycles. The Morgan fingerprint density at radius 1 is 1.40 bits per heavy atom. The summed E-state index contributed by atoms with van der Waals surface area (Å²) in [6.45, 7) is 0. The number of hydrogen-bond acceptors (Lipinski definition) is 5. The second kappa shape index (κ2) is 3.41. The Bertz CT molecular complexity index is 506. The number of nitrogen functional groups attached to an aromatic ring is 1. The SMILES string of the molecule is Nc1cn(C(=O)c2ccccc2O)nn1. The molecule has 0 unspecified atom stereocenters. The average molecular weight is 204 g/mol. The van der Waals surface area contributed by atoms with Gasteiger partial charge in [-0.25, -0.2) is 0 Å². The molecule has 0 amide bonds. The van der Waals surface area contributed by atoms with Gasteiger partial charge in [-0.1, -0.05) is 17.3 Å². The molecule has 2 rings (SSSR count). The van der Waals surface area contributed by atoms with Crippen molar-refractivity contribution in [3.63, 3.8) is 0 Å². The monoisotopic (exact) mass is 204 g/mol. The lowest BCUT2D eigenvalue weighted by atomic mass is 10.2. The highest BCUT2D eigenvalue weighted by atomic mass is 16.3. The quantitative estimate of drug-likeness (QED) is 0.694. The number of rotatable bonds is 1. The maximum absolute atomic E-state index is 11.7. The molecule has 76 valence electrons. The Balaban J connectivity index is 2.41. The second-order valence-electron chi connectivity index (χ2n) is 2.91. The number of benzene rings is 1. The van der Waals surface area contributed by atoms with E-state index >= 15 is 0 Å². The number of phenolic OH excluding ortho intramolecular Hbond substituents is 1. The molecular formula is C9H8N4O2. The number of aromatic hydroxyl groups is 1. The minimum absolute atomic E-state index is 0.100. The third kappa shape index (κ3) is 1.64. The summed E-state index contributed by atoms with van der Waals surface area (Å²) in [4.78, 5) is 11.7. The number of carbonyl (C=O) groups is 1. The molecule has 0 bridgehead atoms. The maximum Gasteiger partial charge on any atom is 0.283 e. The van der Waals surface area contributed by atoms with Gasteiger partial charge in [0.05, 0.1) is 11.8 Å². The molecule has 1 heterocycles. The summed E-state index contributed by atoms with van der Waals surface area (Å²) in [5.74, 6) is -0.423. The van der Waals surface area contributed by atoms with E-state index in [1.807, 2.05) is 0 Å². The smallest absolute Gasteiger partial charge is 0.283 e. The number of hydrogen-bond donors (Lipinski definition) is 2. The van der Waals surface area contributed by atoms with Crippen molar-refractivity contribution < 1.29 is 9.90 Å². The molecule has 0 spiro atoms. The van der Waals surface area contributed by atoms with Crippen LogP contribution in [-0.4, -0.2) is 26.0 Å². The molecule has 0 fully saturated rings. The van der Waals surface area contributed by atoms with E-state index < -0.39 is 5.91 Å². The van der Waals surface area contributed by atoms with Gasteiger partial charge in [-0.3, -0.25) is 4.79 Å². The highest BCUT2D eigenvalue weighted by molar-refractivity contribution is 5.97. The summed E-state index contributed by atoms with van der Waals surface area (Å²) in [7, 11) is 0. The summed E-state index contributed by atoms with van der Waals surface area (Å²) < 4.78 is 0.977. The third-order valence-corrected chi connectivity index (χ3v) is 1.85. The van der Waals surface area contributed by atoms with Gasteiger partial charge in [0.2, 0.25) is 0 Å². The van der Waals surface area contributed by atoms with Crippen LogP contribution in [0.3, 0.4) is 0 Å². The molecule has 0 saturated heterocycles. The van der Waals surface area contributed by atoms with Crippen molar-refractivity contribution in [1.82, 2.24) is 15.0 Å². The van der Waals surface area contributed by atoms with Crippen LogP contribution in [0.4, 0.5) is 5.82 Å². The van der Waals surface area contributed by atoms with Crippen LogP contribution in [0, 0.1) is 0 Å². The fourth-order valence-corrected chi connectivity index (χ4v) is 1.15. The van der Waals surface area contributed by atoms with E-state index in [0.29, 0.717) is 0 Å². The van der Waals surface area contributed by atoms with Crippen LogP contribution in [0.2, 0.25) is 0 Å². The Morgan fingerprint density at radius 2 is 2.13 bits per heavy atom. The Kier molecular flexibility index (Phi) is 2.09. The van der Waals surface area contributed by atoms with Crippen molar-refractivity contribution in [2.45, 2.75) is 0 Å². The van der Waals surface area contributed by atoms with E-state index in [1.165, 1.54) is 18.3 Å². The molecule has 0 saturated carbocycles. The largest absolute Gasteiger partial charge is 0.507 e. The molecule has 6 nitrogen and oxygen atoms in total. The van der Waals surface area contributed by atoms with Crippen LogP contribution in [0.15, 0.2) is 30.5 Å². The summed E-state index contributed by atoms with van der Waals surface area (Å²) in [6, 6.07) is 6.19. The number of nitrogens with zero attached hydrogens (tertiary/aromatic N) is 3. The normalized spacial score (nSPS) is 10.1. The predicted octanol–water partition coefficient (Wildman–Crippen LogP) is 0.254. The summed E-state index contributed by atoms with van der Waals surface area (Å²) in [5.41, 5.74) is 5.48. The van der Waals surface area contributed by atoms with E-state index in [9.17, 15) is 9.90 Å². The van der Waals surface area contributed by atoms with E-state index in [2.05, 4.69) is 10.3 Å². The third-order valence-electron chi connectivity index (χ3n) is 1.85. The van der Waals surface area contributed by atoms with Crippen molar-refractivity contribution in [1.29, 1.82) is 0 Å². The molecule has 2 aromatic rings. The molecule has 3 N–H and O–H groups in total. The van der Waals surface area contributed by atoms with Gasteiger partial charge in [0.25, 0.3) is 5.91 Å². The van der Waals surface area contributed by atoms with Gasteiger partial charge in [0.1, 0.15) is 5.75 Å². The topological polar surface area (TPSA) is 94.0 Å². The van der Waals surface area contributed by atoms with Crippen LogP contribution in [0.5, 0.6) is 5.75 Å². The second-order valence-corrected chi connectivity index (χ2v) is 2.91. The van der Waals surface area contributed by atoms with E-state index in [-0.39, 0.29) is 17.1 Å². The van der Waals surface area contributed by atoms with Crippen molar-refractivity contribution in [2.75, 3.05) is 5.73 Å². The molecule has 0 aliphatic heterocycles. The van der Waals surface area contributed by atoms with Crippen molar-refractivity contribution in [3.8, 4) is 5.75 Å². The molecule has 0 aliphatic carbocycles.